The van der Waals surface area contributed by atoms with Crippen LogP contribution in [0.15, 0.2) is 30.3 Å². The first kappa shape index (κ1) is 9.74. The maximum absolute atomic E-state index is 9.69. The molecular weight excluding hydrogens is 164 g/mol. The van der Waals surface area contributed by atoms with Crippen molar-refractivity contribution in [2.24, 2.45) is 0 Å². The molecule has 1 aromatic rings. The minimum absolute atomic E-state index is 0.200. The van der Waals surface area contributed by atoms with Crippen molar-refractivity contribution in [1.82, 2.24) is 4.90 Å². The number of hydrogen-bond donors (Lipinski definition) is 2. The van der Waals surface area contributed by atoms with Gasteiger partial charge in [0.15, 0.2) is 0 Å². The summed E-state index contributed by atoms with van der Waals surface area (Å²) < 4.78 is 0. The summed E-state index contributed by atoms with van der Waals surface area (Å²) >= 11 is 0. The van der Waals surface area contributed by atoms with E-state index in [0.717, 1.165) is 5.56 Å². The number of benzene rings is 1. The summed E-state index contributed by atoms with van der Waals surface area (Å²) in [4.78, 5) is 1.59. The SMILES string of the molecule is CN(C)C(=N)C(O)c1ccccc1. The van der Waals surface area contributed by atoms with Crippen molar-refractivity contribution < 1.29 is 5.11 Å². The van der Waals surface area contributed by atoms with E-state index >= 15 is 0 Å². The van der Waals surface area contributed by atoms with Gasteiger partial charge >= 0.3 is 0 Å². The van der Waals surface area contributed by atoms with Crippen LogP contribution < -0.4 is 0 Å². The Kier molecular flexibility index (Phi) is 3.03. The molecule has 0 radical (unpaired) electrons. The molecule has 1 rings (SSSR count). The summed E-state index contributed by atoms with van der Waals surface area (Å²) in [6.07, 6.45) is -0.823. The minimum Gasteiger partial charge on any atom is -0.380 e. The first-order chi connectivity index (χ1) is 6.13. The van der Waals surface area contributed by atoms with Gasteiger partial charge in [-0.05, 0) is 5.56 Å². The topological polar surface area (TPSA) is 47.3 Å². The van der Waals surface area contributed by atoms with Crippen LogP contribution in [0.3, 0.4) is 0 Å². The third kappa shape index (κ3) is 2.29. The molecule has 0 aliphatic rings. The average molecular weight is 178 g/mol. The van der Waals surface area contributed by atoms with Crippen molar-refractivity contribution in [3.63, 3.8) is 0 Å². The lowest BCUT2D eigenvalue weighted by molar-refractivity contribution is 0.231. The van der Waals surface area contributed by atoms with Gasteiger partial charge < -0.3 is 10.0 Å². The first-order valence-corrected chi connectivity index (χ1v) is 4.11. The fourth-order valence-corrected chi connectivity index (χ4v) is 1.04. The molecule has 0 amide bonds. The Labute approximate surface area is 78.1 Å². The molecule has 0 bridgehead atoms. The zero-order valence-corrected chi connectivity index (χ0v) is 7.86. The van der Waals surface area contributed by atoms with Gasteiger partial charge in [-0.3, -0.25) is 5.41 Å². The number of nitrogens with one attached hydrogen (secondary N) is 1. The van der Waals surface area contributed by atoms with E-state index in [1.54, 1.807) is 19.0 Å². The first-order valence-electron chi connectivity index (χ1n) is 4.11. The highest BCUT2D eigenvalue weighted by Gasteiger charge is 2.13. The lowest BCUT2D eigenvalue weighted by atomic mass is 10.1. The van der Waals surface area contributed by atoms with E-state index < -0.39 is 6.10 Å². The summed E-state index contributed by atoms with van der Waals surface area (Å²) in [6, 6.07) is 9.20. The molecular formula is C10H14N2O. The van der Waals surface area contributed by atoms with Crippen LogP contribution in [0, 0.1) is 5.41 Å². The second-order valence-electron chi connectivity index (χ2n) is 3.09. The monoisotopic (exact) mass is 178 g/mol. The highest BCUT2D eigenvalue weighted by Crippen LogP contribution is 2.13. The Bertz CT molecular complexity index is 282. The van der Waals surface area contributed by atoms with Crippen LogP contribution >= 0.6 is 0 Å². The molecule has 0 aliphatic heterocycles. The summed E-state index contributed by atoms with van der Waals surface area (Å²) in [5.74, 6) is 0.200. The van der Waals surface area contributed by atoms with Gasteiger partial charge in [-0.1, -0.05) is 30.3 Å². The maximum atomic E-state index is 9.69. The molecule has 13 heavy (non-hydrogen) atoms. The van der Waals surface area contributed by atoms with Crippen LogP contribution in [0.4, 0.5) is 0 Å². The van der Waals surface area contributed by atoms with Gasteiger partial charge in [0, 0.05) is 14.1 Å². The maximum Gasteiger partial charge on any atom is 0.136 e. The third-order valence-electron chi connectivity index (χ3n) is 1.86. The van der Waals surface area contributed by atoms with Crippen molar-refractivity contribution in [2.75, 3.05) is 14.1 Å². The fourth-order valence-electron chi connectivity index (χ4n) is 1.04. The summed E-state index contributed by atoms with van der Waals surface area (Å²) in [5, 5.41) is 17.3. The lowest BCUT2D eigenvalue weighted by Crippen LogP contribution is -2.27. The van der Waals surface area contributed by atoms with E-state index in [1.165, 1.54) is 0 Å². The summed E-state index contributed by atoms with van der Waals surface area (Å²) in [5.41, 5.74) is 0.751. The van der Waals surface area contributed by atoms with Gasteiger partial charge in [-0.25, -0.2) is 0 Å². The molecule has 0 fully saturated rings. The second kappa shape index (κ2) is 4.05. The van der Waals surface area contributed by atoms with Crippen LogP contribution in [-0.4, -0.2) is 29.9 Å². The van der Waals surface area contributed by atoms with E-state index in [0.29, 0.717) is 0 Å². The van der Waals surface area contributed by atoms with Gasteiger partial charge in [0.2, 0.25) is 0 Å². The molecule has 3 heteroatoms. The summed E-state index contributed by atoms with van der Waals surface area (Å²) in [7, 11) is 3.49. The molecule has 1 unspecified atom stereocenters. The second-order valence-corrected chi connectivity index (χ2v) is 3.09. The molecule has 1 aromatic carbocycles. The van der Waals surface area contributed by atoms with Gasteiger partial charge in [0.1, 0.15) is 11.9 Å². The zero-order valence-electron chi connectivity index (χ0n) is 7.86. The molecule has 0 spiro atoms. The van der Waals surface area contributed by atoms with Crippen LogP contribution in [-0.2, 0) is 0 Å². The van der Waals surface area contributed by atoms with Crippen LogP contribution in [0.5, 0.6) is 0 Å². The average Bonchev–Trinajstić information content (AvgIpc) is 2.17. The molecule has 0 heterocycles. The third-order valence-corrected chi connectivity index (χ3v) is 1.86. The van der Waals surface area contributed by atoms with E-state index in [9.17, 15) is 5.11 Å². The molecule has 0 aromatic heterocycles. The number of aliphatic hydroxyl groups is 1. The van der Waals surface area contributed by atoms with Gasteiger partial charge in [-0.15, -0.1) is 0 Å². The molecule has 0 saturated carbocycles. The Morgan fingerprint density at radius 2 is 1.85 bits per heavy atom. The number of rotatable bonds is 2. The highest BCUT2D eigenvalue weighted by molar-refractivity contribution is 5.84. The van der Waals surface area contributed by atoms with Crippen molar-refractivity contribution in [2.45, 2.75) is 6.10 Å². The normalized spacial score (nSPS) is 12.2. The largest absolute Gasteiger partial charge is 0.380 e. The number of likely N-dealkylation sites (N-methyl/N-ethyl adjacent to an activating group) is 1. The van der Waals surface area contributed by atoms with Crippen LogP contribution in [0.1, 0.15) is 11.7 Å². The van der Waals surface area contributed by atoms with E-state index in [1.807, 2.05) is 30.3 Å². The van der Waals surface area contributed by atoms with E-state index in [4.69, 9.17) is 5.41 Å². The molecule has 70 valence electrons. The molecule has 0 aliphatic carbocycles. The number of nitrogens with zero attached hydrogens (tertiary/aromatic N) is 1. The van der Waals surface area contributed by atoms with Gasteiger partial charge in [0.05, 0.1) is 0 Å². The molecule has 3 nitrogen and oxygen atoms in total. The van der Waals surface area contributed by atoms with Gasteiger partial charge in [-0.2, -0.15) is 0 Å². The van der Waals surface area contributed by atoms with Crippen molar-refractivity contribution in [3.8, 4) is 0 Å². The Morgan fingerprint density at radius 3 is 2.31 bits per heavy atom. The van der Waals surface area contributed by atoms with Crippen molar-refractivity contribution in [3.05, 3.63) is 35.9 Å². The lowest BCUT2D eigenvalue weighted by Gasteiger charge is -2.19. The van der Waals surface area contributed by atoms with E-state index in [2.05, 4.69) is 0 Å². The quantitative estimate of drug-likeness (QED) is 0.529. The zero-order chi connectivity index (χ0) is 9.84. The predicted molar refractivity (Wildman–Crippen MR) is 52.8 cm³/mol. The van der Waals surface area contributed by atoms with Crippen molar-refractivity contribution in [1.29, 1.82) is 5.41 Å². The Morgan fingerprint density at radius 1 is 1.31 bits per heavy atom. The smallest absolute Gasteiger partial charge is 0.136 e. The number of amidine groups is 1. The molecule has 1 atom stereocenters. The van der Waals surface area contributed by atoms with Crippen LogP contribution in [0.25, 0.3) is 0 Å². The Balaban J connectivity index is 2.80. The number of hydrogen-bond acceptors (Lipinski definition) is 2. The minimum atomic E-state index is -0.823. The number of aliphatic hydroxyl groups excluding tert-OH is 1. The van der Waals surface area contributed by atoms with Crippen molar-refractivity contribution >= 4 is 5.84 Å². The fraction of sp³-hybridized carbons (Fsp3) is 0.300. The van der Waals surface area contributed by atoms with E-state index in [-0.39, 0.29) is 5.84 Å². The van der Waals surface area contributed by atoms with Gasteiger partial charge in [0.25, 0.3) is 0 Å². The highest BCUT2D eigenvalue weighted by atomic mass is 16.3. The Hall–Kier alpha value is -1.35. The predicted octanol–water partition coefficient (Wildman–Crippen LogP) is 1.26. The molecule has 0 saturated heterocycles. The van der Waals surface area contributed by atoms with Crippen LogP contribution in [0.2, 0.25) is 0 Å². The standard InChI is InChI=1S/C10H14N2O/c1-12(2)10(11)9(13)8-6-4-3-5-7-8/h3-7,9,11,13H,1-2H3. The summed E-state index contributed by atoms with van der Waals surface area (Å²) in [6.45, 7) is 0. The molecule has 2 N–H and O–H groups in total.